The van der Waals surface area contributed by atoms with Crippen LogP contribution < -0.4 is 15.2 Å². The van der Waals surface area contributed by atoms with E-state index in [1.54, 1.807) is 6.07 Å². The molecule has 5 nitrogen and oxygen atoms in total. The van der Waals surface area contributed by atoms with Gasteiger partial charge in [-0.1, -0.05) is 6.92 Å². The molecule has 1 unspecified atom stereocenters. The predicted octanol–water partition coefficient (Wildman–Crippen LogP) is 1.35. The van der Waals surface area contributed by atoms with E-state index in [2.05, 4.69) is 4.72 Å². The lowest BCUT2D eigenvalue weighted by Gasteiger charge is -2.13. The molecule has 0 spiro atoms. The van der Waals surface area contributed by atoms with Crippen molar-refractivity contribution in [1.82, 2.24) is 4.72 Å². The highest BCUT2D eigenvalue weighted by molar-refractivity contribution is 7.89. The minimum Gasteiger partial charge on any atom is -0.495 e. The first-order valence-corrected chi connectivity index (χ1v) is 6.85. The normalized spacial score (nSPS) is 13.4. The van der Waals surface area contributed by atoms with Gasteiger partial charge in [-0.3, -0.25) is 0 Å². The van der Waals surface area contributed by atoms with Crippen LogP contribution in [0.3, 0.4) is 0 Å². The molecule has 0 radical (unpaired) electrons. The van der Waals surface area contributed by atoms with Gasteiger partial charge in [0, 0.05) is 6.04 Å². The van der Waals surface area contributed by atoms with Gasteiger partial charge in [-0.05, 0) is 31.5 Å². The Balaban J connectivity index is 3.04. The molecule has 1 aromatic rings. The van der Waals surface area contributed by atoms with Crippen molar-refractivity contribution in [3.8, 4) is 5.75 Å². The van der Waals surface area contributed by atoms with Gasteiger partial charge in [0.05, 0.1) is 17.7 Å². The van der Waals surface area contributed by atoms with Crippen LogP contribution >= 0.6 is 0 Å². The van der Waals surface area contributed by atoms with Crippen LogP contribution in [0.15, 0.2) is 23.1 Å². The molecular weight excluding hydrogens is 240 g/mol. The summed E-state index contributed by atoms with van der Waals surface area (Å²) in [5.74, 6) is 0.465. The first-order chi connectivity index (χ1) is 7.90. The van der Waals surface area contributed by atoms with Crippen LogP contribution in [-0.4, -0.2) is 21.6 Å². The Morgan fingerprint density at radius 3 is 2.59 bits per heavy atom. The van der Waals surface area contributed by atoms with Crippen molar-refractivity contribution in [3.05, 3.63) is 18.2 Å². The van der Waals surface area contributed by atoms with Crippen LogP contribution in [0.4, 0.5) is 5.69 Å². The molecule has 3 N–H and O–H groups in total. The van der Waals surface area contributed by atoms with E-state index in [1.807, 2.05) is 13.8 Å². The number of nitrogens with two attached hydrogens (primary N) is 1. The zero-order chi connectivity index (χ0) is 13.1. The monoisotopic (exact) mass is 258 g/mol. The molecule has 0 fully saturated rings. The summed E-state index contributed by atoms with van der Waals surface area (Å²) in [6.07, 6.45) is 0.727. The number of anilines is 1. The van der Waals surface area contributed by atoms with Gasteiger partial charge in [-0.2, -0.15) is 0 Å². The van der Waals surface area contributed by atoms with Gasteiger partial charge in [0.25, 0.3) is 0 Å². The van der Waals surface area contributed by atoms with Crippen molar-refractivity contribution in [2.75, 3.05) is 12.8 Å². The Morgan fingerprint density at radius 1 is 1.47 bits per heavy atom. The molecule has 0 saturated carbocycles. The smallest absolute Gasteiger partial charge is 0.240 e. The molecule has 17 heavy (non-hydrogen) atoms. The van der Waals surface area contributed by atoms with Gasteiger partial charge in [-0.25, -0.2) is 13.1 Å². The van der Waals surface area contributed by atoms with Crippen LogP contribution in [0.2, 0.25) is 0 Å². The van der Waals surface area contributed by atoms with E-state index < -0.39 is 10.0 Å². The lowest BCUT2D eigenvalue weighted by atomic mass is 10.3. The topological polar surface area (TPSA) is 81.4 Å². The maximum Gasteiger partial charge on any atom is 0.240 e. The zero-order valence-corrected chi connectivity index (χ0v) is 11.0. The lowest BCUT2D eigenvalue weighted by molar-refractivity contribution is 0.416. The molecule has 0 aromatic heterocycles. The van der Waals surface area contributed by atoms with Crippen molar-refractivity contribution in [1.29, 1.82) is 0 Å². The average molecular weight is 258 g/mol. The highest BCUT2D eigenvalue weighted by Gasteiger charge is 2.17. The summed E-state index contributed by atoms with van der Waals surface area (Å²) in [6, 6.07) is 4.30. The Bertz CT molecular complexity index is 485. The molecule has 96 valence electrons. The summed E-state index contributed by atoms with van der Waals surface area (Å²) in [5, 5.41) is 0. The highest BCUT2D eigenvalue weighted by Crippen LogP contribution is 2.24. The molecule has 0 saturated heterocycles. The number of hydrogen-bond acceptors (Lipinski definition) is 4. The predicted molar refractivity (Wildman–Crippen MR) is 67.5 cm³/mol. The van der Waals surface area contributed by atoms with Crippen LogP contribution in [0.5, 0.6) is 5.75 Å². The minimum absolute atomic E-state index is 0.108. The fraction of sp³-hybridized carbons (Fsp3) is 0.455. The van der Waals surface area contributed by atoms with Crippen molar-refractivity contribution in [2.24, 2.45) is 0 Å². The Hall–Kier alpha value is -1.27. The number of nitrogen functional groups attached to an aromatic ring is 1. The van der Waals surface area contributed by atoms with Crippen molar-refractivity contribution >= 4 is 15.7 Å². The molecule has 1 aromatic carbocycles. The first-order valence-electron chi connectivity index (χ1n) is 5.36. The maximum absolute atomic E-state index is 11.9. The molecule has 0 aliphatic carbocycles. The molecule has 6 heteroatoms. The molecule has 1 rings (SSSR count). The summed E-state index contributed by atoms with van der Waals surface area (Å²) >= 11 is 0. The second kappa shape index (κ2) is 5.37. The second-order valence-electron chi connectivity index (χ2n) is 3.83. The standard InChI is InChI=1S/C11H18N2O3S/c1-4-8(2)13-17(14,15)9-5-6-11(16-3)10(12)7-9/h5-8,13H,4,12H2,1-3H3. The molecule has 0 bridgehead atoms. The lowest BCUT2D eigenvalue weighted by Crippen LogP contribution is -2.32. The van der Waals surface area contributed by atoms with Gasteiger partial charge < -0.3 is 10.5 Å². The third-order valence-electron chi connectivity index (χ3n) is 2.48. The number of rotatable bonds is 5. The van der Waals surface area contributed by atoms with Gasteiger partial charge in [0.15, 0.2) is 0 Å². The van der Waals surface area contributed by atoms with Crippen LogP contribution in [0.1, 0.15) is 20.3 Å². The SMILES string of the molecule is CCC(C)NS(=O)(=O)c1ccc(OC)c(N)c1. The molecule has 0 aliphatic heterocycles. The summed E-state index contributed by atoms with van der Waals surface area (Å²) < 4.78 is 31.4. The largest absolute Gasteiger partial charge is 0.495 e. The average Bonchev–Trinajstić information content (AvgIpc) is 2.28. The molecular formula is C11H18N2O3S. The van der Waals surface area contributed by atoms with Crippen LogP contribution in [0.25, 0.3) is 0 Å². The van der Waals surface area contributed by atoms with E-state index >= 15 is 0 Å². The summed E-state index contributed by atoms with van der Waals surface area (Å²) in [5.41, 5.74) is 5.98. The van der Waals surface area contributed by atoms with Gasteiger partial charge >= 0.3 is 0 Å². The number of hydrogen-bond donors (Lipinski definition) is 2. The van der Waals surface area contributed by atoms with Crippen molar-refractivity contribution in [3.63, 3.8) is 0 Å². The van der Waals surface area contributed by atoms with Gasteiger partial charge in [0.2, 0.25) is 10.0 Å². The maximum atomic E-state index is 11.9. The molecule has 1 atom stereocenters. The van der Waals surface area contributed by atoms with Crippen LogP contribution in [-0.2, 0) is 10.0 Å². The number of methoxy groups -OCH3 is 1. The number of benzene rings is 1. The van der Waals surface area contributed by atoms with E-state index in [0.717, 1.165) is 6.42 Å². The number of sulfonamides is 1. The first kappa shape index (κ1) is 13.8. The van der Waals surface area contributed by atoms with Crippen molar-refractivity contribution < 1.29 is 13.2 Å². The third kappa shape index (κ3) is 3.34. The fourth-order valence-electron chi connectivity index (χ4n) is 1.30. The second-order valence-corrected chi connectivity index (χ2v) is 5.55. The van der Waals surface area contributed by atoms with Gasteiger partial charge in [0.1, 0.15) is 5.75 Å². The van der Waals surface area contributed by atoms with Gasteiger partial charge in [-0.15, -0.1) is 0 Å². The van der Waals surface area contributed by atoms with E-state index in [1.165, 1.54) is 19.2 Å². The summed E-state index contributed by atoms with van der Waals surface area (Å²) in [6.45, 7) is 3.72. The van der Waals surface area contributed by atoms with E-state index in [-0.39, 0.29) is 10.9 Å². The Labute approximate surface area is 102 Å². The third-order valence-corrected chi connectivity index (χ3v) is 4.07. The van der Waals surface area contributed by atoms with Crippen molar-refractivity contribution in [2.45, 2.75) is 31.2 Å². The van der Waals surface area contributed by atoms with E-state index in [0.29, 0.717) is 11.4 Å². The molecule has 0 amide bonds. The fourth-order valence-corrected chi connectivity index (χ4v) is 2.66. The Kier molecular flexibility index (Phi) is 4.36. The van der Waals surface area contributed by atoms with E-state index in [4.69, 9.17) is 10.5 Å². The van der Waals surface area contributed by atoms with E-state index in [9.17, 15) is 8.42 Å². The summed E-state index contributed by atoms with van der Waals surface area (Å²) in [4.78, 5) is 0.149. The zero-order valence-electron chi connectivity index (χ0n) is 10.2. The number of nitrogens with one attached hydrogen (secondary N) is 1. The Morgan fingerprint density at radius 2 is 2.12 bits per heavy atom. The minimum atomic E-state index is -3.50. The molecule has 0 heterocycles. The quantitative estimate of drug-likeness (QED) is 0.781. The number of ether oxygens (including phenoxy) is 1. The van der Waals surface area contributed by atoms with Crippen LogP contribution in [0, 0.1) is 0 Å². The molecule has 0 aliphatic rings. The summed E-state index contributed by atoms with van der Waals surface area (Å²) in [7, 11) is -2.02. The highest BCUT2D eigenvalue weighted by atomic mass is 32.2.